The highest BCUT2D eigenvalue weighted by Gasteiger charge is 2.29. The molecule has 1 fully saturated rings. The first kappa shape index (κ1) is 14.5. The fourth-order valence-corrected chi connectivity index (χ4v) is 3.47. The van der Waals surface area contributed by atoms with Gasteiger partial charge in [-0.1, -0.05) is 18.2 Å². The maximum atomic E-state index is 12.9. The van der Waals surface area contributed by atoms with Crippen LogP contribution in [0.15, 0.2) is 30.3 Å². The minimum atomic E-state index is 0.0566. The van der Waals surface area contributed by atoms with Crippen LogP contribution in [-0.4, -0.2) is 46.9 Å². The van der Waals surface area contributed by atoms with Crippen molar-refractivity contribution in [1.82, 2.24) is 14.7 Å². The molecule has 2 aromatic rings. The van der Waals surface area contributed by atoms with Gasteiger partial charge in [-0.15, -0.1) is 0 Å². The van der Waals surface area contributed by atoms with Gasteiger partial charge in [0.2, 0.25) is 0 Å². The van der Waals surface area contributed by atoms with Gasteiger partial charge in [-0.3, -0.25) is 4.79 Å². The SMILES string of the molecule is O=C(c1nn(-c2ccccc2)c2c1CCCC2)N1CCOCC1. The zero-order valence-corrected chi connectivity index (χ0v) is 13.2. The van der Waals surface area contributed by atoms with Gasteiger partial charge in [0.25, 0.3) is 5.91 Å². The lowest BCUT2D eigenvalue weighted by Crippen LogP contribution is -2.41. The number of aromatic nitrogens is 2. The lowest BCUT2D eigenvalue weighted by Gasteiger charge is -2.26. The predicted molar refractivity (Wildman–Crippen MR) is 86.9 cm³/mol. The van der Waals surface area contributed by atoms with Crippen molar-refractivity contribution in [3.05, 3.63) is 47.3 Å². The molecule has 0 saturated carbocycles. The molecule has 4 rings (SSSR count). The van der Waals surface area contributed by atoms with E-state index in [1.807, 2.05) is 39.9 Å². The van der Waals surface area contributed by atoms with Crippen LogP contribution in [0.1, 0.15) is 34.6 Å². The van der Waals surface area contributed by atoms with Crippen LogP contribution in [0, 0.1) is 0 Å². The fourth-order valence-electron chi connectivity index (χ4n) is 3.47. The van der Waals surface area contributed by atoms with Crippen LogP contribution < -0.4 is 0 Å². The van der Waals surface area contributed by atoms with E-state index in [0.29, 0.717) is 32.0 Å². The molecular weight excluding hydrogens is 290 g/mol. The standard InChI is InChI=1S/C18H21N3O2/c22-18(20-10-12-23-13-11-20)17-15-8-4-5-9-16(15)21(19-17)14-6-2-1-3-7-14/h1-3,6-7H,4-5,8-13H2. The van der Waals surface area contributed by atoms with Gasteiger partial charge in [0.1, 0.15) is 0 Å². The number of benzene rings is 1. The fraction of sp³-hybridized carbons (Fsp3) is 0.444. The van der Waals surface area contributed by atoms with E-state index < -0.39 is 0 Å². The molecule has 1 aromatic carbocycles. The van der Waals surface area contributed by atoms with Crippen LogP contribution >= 0.6 is 0 Å². The summed E-state index contributed by atoms with van der Waals surface area (Å²) in [7, 11) is 0. The smallest absolute Gasteiger partial charge is 0.274 e. The highest BCUT2D eigenvalue weighted by Crippen LogP contribution is 2.27. The van der Waals surface area contributed by atoms with Gasteiger partial charge >= 0.3 is 0 Å². The van der Waals surface area contributed by atoms with Crippen LogP contribution in [0.3, 0.4) is 0 Å². The lowest BCUT2D eigenvalue weighted by molar-refractivity contribution is 0.0298. The molecule has 0 unspecified atom stereocenters. The van der Waals surface area contributed by atoms with Crippen LogP contribution in [0.4, 0.5) is 0 Å². The minimum absolute atomic E-state index is 0.0566. The number of amides is 1. The Bertz CT molecular complexity index is 703. The molecule has 0 N–H and O–H groups in total. The highest BCUT2D eigenvalue weighted by molar-refractivity contribution is 5.94. The van der Waals surface area contributed by atoms with Crippen LogP contribution in [0.25, 0.3) is 5.69 Å². The van der Waals surface area contributed by atoms with Crippen molar-refractivity contribution in [2.45, 2.75) is 25.7 Å². The van der Waals surface area contributed by atoms with E-state index in [4.69, 9.17) is 9.84 Å². The summed E-state index contributed by atoms with van der Waals surface area (Å²) in [5.74, 6) is 0.0566. The van der Waals surface area contributed by atoms with E-state index in [1.54, 1.807) is 0 Å². The topological polar surface area (TPSA) is 47.4 Å². The number of hydrogen-bond acceptors (Lipinski definition) is 3. The number of rotatable bonds is 2. The van der Waals surface area contributed by atoms with Crippen molar-refractivity contribution in [2.24, 2.45) is 0 Å². The van der Waals surface area contributed by atoms with E-state index in [9.17, 15) is 4.79 Å². The van der Waals surface area contributed by atoms with Gasteiger partial charge in [-0.25, -0.2) is 4.68 Å². The second-order valence-electron chi connectivity index (χ2n) is 6.13. The summed E-state index contributed by atoms with van der Waals surface area (Å²) in [6, 6.07) is 10.1. The summed E-state index contributed by atoms with van der Waals surface area (Å²) in [5.41, 5.74) is 4.03. The van der Waals surface area contributed by atoms with Crippen molar-refractivity contribution in [3.8, 4) is 5.69 Å². The first-order valence-corrected chi connectivity index (χ1v) is 8.38. The number of carbonyl (C=O) groups is 1. The Balaban J connectivity index is 1.75. The number of fused-ring (bicyclic) bond motifs is 1. The normalized spacial score (nSPS) is 17.8. The largest absolute Gasteiger partial charge is 0.378 e. The summed E-state index contributed by atoms with van der Waals surface area (Å²) in [5, 5.41) is 4.72. The Morgan fingerprint density at radius 2 is 1.78 bits per heavy atom. The average molecular weight is 311 g/mol. The molecule has 1 amide bonds. The molecule has 1 aliphatic carbocycles. The number of carbonyl (C=O) groups excluding carboxylic acids is 1. The molecule has 1 aliphatic heterocycles. The Hall–Kier alpha value is -2.14. The third-order valence-electron chi connectivity index (χ3n) is 4.68. The van der Waals surface area contributed by atoms with Gasteiger partial charge < -0.3 is 9.64 Å². The summed E-state index contributed by atoms with van der Waals surface area (Å²) in [6.07, 6.45) is 4.24. The summed E-state index contributed by atoms with van der Waals surface area (Å²) >= 11 is 0. The monoisotopic (exact) mass is 311 g/mol. The van der Waals surface area contributed by atoms with Gasteiger partial charge in [0.15, 0.2) is 5.69 Å². The van der Waals surface area contributed by atoms with E-state index in [2.05, 4.69) is 0 Å². The first-order chi connectivity index (χ1) is 11.3. The maximum absolute atomic E-state index is 12.9. The van der Waals surface area contributed by atoms with Gasteiger partial charge in [0.05, 0.1) is 18.9 Å². The van der Waals surface area contributed by atoms with Crippen LogP contribution in [0.5, 0.6) is 0 Å². The molecule has 0 atom stereocenters. The third-order valence-corrected chi connectivity index (χ3v) is 4.68. The number of morpholine rings is 1. The van der Waals surface area contributed by atoms with Crippen molar-refractivity contribution >= 4 is 5.91 Å². The Morgan fingerprint density at radius 3 is 2.57 bits per heavy atom. The average Bonchev–Trinajstić information content (AvgIpc) is 3.02. The maximum Gasteiger partial charge on any atom is 0.274 e. The number of nitrogens with zero attached hydrogens (tertiary/aromatic N) is 3. The van der Waals surface area contributed by atoms with Crippen LogP contribution in [0.2, 0.25) is 0 Å². The van der Waals surface area contributed by atoms with Gasteiger partial charge in [0, 0.05) is 24.3 Å². The van der Waals surface area contributed by atoms with Crippen molar-refractivity contribution in [3.63, 3.8) is 0 Å². The molecule has 5 nitrogen and oxygen atoms in total. The summed E-state index contributed by atoms with van der Waals surface area (Å²) < 4.78 is 7.33. The number of para-hydroxylation sites is 1. The van der Waals surface area contributed by atoms with Gasteiger partial charge in [-0.2, -0.15) is 5.10 Å². The second kappa shape index (κ2) is 6.16. The molecule has 5 heteroatoms. The molecule has 2 aliphatic rings. The lowest BCUT2D eigenvalue weighted by atomic mass is 9.95. The zero-order valence-electron chi connectivity index (χ0n) is 13.2. The molecule has 1 aromatic heterocycles. The molecular formula is C18H21N3O2. The van der Waals surface area contributed by atoms with E-state index >= 15 is 0 Å². The van der Waals surface area contributed by atoms with Crippen molar-refractivity contribution < 1.29 is 9.53 Å². The number of ether oxygens (including phenoxy) is 1. The van der Waals surface area contributed by atoms with E-state index in [-0.39, 0.29) is 5.91 Å². The molecule has 0 spiro atoms. The third kappa shape index (κ3) is 2.65. The molecule has 0 bridgehead atoms. The quantitative estimate of drug-likeness (QED) is 0.854. The van der Waals surface area contributed by atoms with Crippen molar-refractivity contribution in [1.29, 1.82) is 0 Å². The Kier molecular flexibility index (Phi) is 3.87. The molecule has 0 radical (unpaired) electrons. The Labute approximate surface area is 135 Å². The molecule has 120 valence electrons. The van der Waals surface area contributed by atoms with E-state index in [0.717, 1.165) is 36.9 Å². The molecule has 23 heavy (non-hydrogen) atoms. The minimum Gasteiger partial charge on any atom is -0.378 e. The highest BCUT2D eigenvalue weighted by atomic mass is 16.5. The van der Waals surface area contributed by atoms with E-state index in [1.165, 1.54) is 5.69 Å². The zero-order chi connectivity index (χ0) is 15.6. The van der Waals surface area contributed by atoms with Gasteiger partial charge in [-0.05, 0) is 37.8 Å². The Morgan fingerprint density at radius 1 is 1.04 bits per heavy atom. The number of hydrogen-bond donors (Lipinski definition) is 0. The van der Waals surface area contributed by atoms with Crippen molar-refractivity contribution in [2.75, 3.05) is 26.3 Å². The first-order valence-electron chi connectivity index (χ1n) is 8.38. The molecule has 1 saturated heterocycles. The van der Waals surface area contributed by atoms with Crippen LogP contribution in [-0.2, 0) is 17.6 Å². The second-order valence-corrected chi connectivity index (χ2v) is 6.13. The predicted octanol–water partition coefficient (Wildman–Crippen LogP) is 2.22. The summed E-state index contributed by atoms with van der Waals surface area (Å²) in [6.45, 7) is 2.55. The summed E-state index contributed by atoms with van der Waals surface area (Å²) in [4.78, 5) is 14.8. The molecule has 2 heterocycles.